The smallest absolute Gasteiger partial charge is 0.125 e. The van der Waals surface area contributed by atoms with Crippen molar-refractivity contribution in [1.82, 2.24) is 14.5 Å². The van der Waals surface area contributed by atoms with Crippen molar-refractivity contribution in [2.45, 2.75) is 37.2 Å². The quantitative estimate of drug-likeness (QED) is 0.778. The van der Waals surface area contributed by atoms with Crippen LogP contribution in [0.3, 0.4) is 0 Å². The lowest BCUT2D eigenvalue weighted by Gasteiger charge is -2.18. The van der Waals surface area contributed by atoms with Crippen molar-refractivity contribution in [3.05, 3.63) is 28.5 Å². The van der Waals surface area contributed by atoms with Crippen molar-refractivity contribution in [3.63, 3.8) is 0 Å². The highest BCUT2D eigenvalue weighted by Gasteiger charge is 2.35. The van der Waals surface area contributed by atoms with Crippen LogP contribution in [0.1, 0.15) is 31.1 Å². The first-order chi connectivity index (χ1) is 9.76. The van der Waals surface area contributed by atoms with Crippen LogP contribution >= 0.6 is 27.5 Å². The van der Waals surface area contributed by atoms with Crippen molar-refractivity contribution in [2.75, 3.05) is 13.1 Å². The third kappa shape index (κ3) is 2.18. The number of likely N-dealkylation sites (tertiary alicyclic amines) is 1. The Hall–Kier alpha value is -0.580. The molecule has 106 valence electrons. The van der Waals surface area contributed by atoms with Gasteiger partial charge in [-0.2, -0.15) is 0 Å². The molecule has 2 heterocycles. The molecule has 1 aliphatic carbocycles. The van der Waals surface area contributed by atoms with Gasteiger partial charge in [0.05, 0.1) is 16.9 Å². The number of alkyl halides is 1. The summed E-state index contributed by atoms with van der Waals surface area (Å²) >= 11 is 9.64. The van der Waals surface area contributed by atoms with Crippen LogP contribution in [0.25, 0.3) is 11.0 Å². The van der Waals surface area contributed by atoms with E-state index in [0.29, 0.717) is 11.9 Å². The first-order valence-corrected chi connectivity index (χ1v) is 8.55. The van der Waals surface area contributed by atoms with E-state index in [1.54, 1.807) is 0 Å². The number of imidazole rings is 1. The predicted molar refractivity (Wildman–Crippen MR) is 85.2 cm³/mol. The SMILES string of the molecule is ClCc1nc2cc(Br)ccc2n1C1CCN(C2CC2)C1. The number of hydrogen-bond donors (Lipinski definition) is 0. The first kappa shape index (κ1) is 13.1. The van der Waals surface area contributed by atoms with Gasteiger partial charge in [-0.1, -0.05) is 15.9 Å². The maximum Gasteiger partial charge on any atom is 0.125 e. The summed E-state index contributed by atoms with van der Waals surface area (Å²) in [6.45, 7) is 2.36. The van der Waals surface area contributed by atoms with E-state index in [0.717, 1.165) is 28.4 Å². The van der Waals surface area contributed by atoms with Gasteiger partial charge in [0.2, 0.25) is 0 Å². The molecular formula is C15H17BrClN3. The minimum absolute atomic E-state index is 0.478. The number of nitrogens with zero attached hydrogens (tertiary/aromatic N) is 3. The summed E-state index contributed by atoms with van der Waals surface area (Å²) in [4.78, 5) is 7.34. The third-order valence-corrected chi connectivity index (χ3v) is 5.20. The second kappa shape index (κ2) is 5.00. The molecule has 1 atom stereocenters. The number of fused-ring (bicyclic) bond motifs is 1. The van der Waals surface area contributed by atoms with E-state index in [-0.39, 0.29) is 0 Å². The summed E-state index contributed by atoms with van der Waals surface area (Å²) in [6.07, 6.45) is 3.97. The van der Waals surface area contributed by atoms with Crippen LogP contribution in [0.4, 0.5) is 0 Å². The topological polar surface area (TPSA) is 21.1 Å². The minimum Gasteiger partial charge on any atom is -0.322 e. The molecule has 0 spiro atoms. The van der Waals surface area contributed by atoms with E-state index in [2.05, 4.69) is 43.6 Å². The Kier molecular flexibility index (Phi) is 3.28. The second-order valence-electron chi connectivity index (χ2n) is 5.83. The van der Waals surface area contributed by atoms with Gasteiger partial charge in [0.25, 0.3) is 0 Å². The number of aromatic nitrogens is 2. The Morgan fingerprint density at radius 2 is 2.10 bits per heavy atom. The normalized spacial score (nSPS) is 23.8. The van der Waals surface area contributed by atoms with Crippen molar-refractivity contribution >= 4 is 38.6 Å². The van der Waals surface area contributed by atoms with E-state index in [1.807, 2.05) is 0 Å². The summed E-state index contributed by atoms with van der Waals surface area (Å²) < 4.78 is 3.44. The zero-order valence-corrected chi connectivity index (χ0v) is 13.6. The fraction of sp³-hybridized carbons (Fsp3) is 0.533. The van der Waals surface area contributed by atoms with Crippen LogP contribution in [0, 0.1) is 0 Å². The molecule has 4 rings (SSSR count). The van der Waals surface area contributed by atoms with Crippen molar-refractivity contribution in [3.8, 4) is 0 Å². The lowest BCUT2D eigenvalue weighted by molar-refractivity contribution is 0.314. The minimum atomic E-state index is 0.478. The zero-order chi connectivity index (χ0) is 13.7. The van der Waals surface area contributed by atoms with Crippen LogP contribution in [-0.4, -0.2) is 33.6 Å². The van der Waals surface area contributed by atoms with Crippen molar-refractivity contribution < 1.29 is 0 Å². The van der Waals surface area contributed by atoms with E-state index >= 15 is 0 Å². The molecule has 20 heavy (non-hydrogen) atoms. The fourth-order valence-corrected chi connectivity index (χ4v) is 3.91. The molecular weight excluding hydrogens is 338 g/mol. The Bertz CT molecular complexity index is 650. The molecule has 2 aliphatic rings. The van der Waals surface area contributed by atoms with Crippen molar-refractivity contribution in [2.24, 2.45) is 0 Å². The van der Waals surface area contributed by atoms with Gasteiger partial charge < -0.3 is 4.57 Å². The Balaban J connectivity index is 1.74. The monoisotopic (exact) mass is 353 g/mol. The summed E-state index contributed by atoms with van der Waals surface area (Å²) in [5.74, 6) is 1.48. The van der Waals surface area contributed by atoms with Crippen LogP contribution in [0.5, 0.6) is 0 Å². The standard InChI is InChI=1S/C15H17BrClN3/c16-10-1-4-14-13(7-10)18-15(8-17)20(14)12-5-6-19(9-12)11-2-3-11/h1,4,7,11-12H,2-3,5-6,8-9H2. The van der Waals surface area contributed by atoms with Crippen molar-refractivity contribution in [1.29, 1.82) is 0 Å². The van der Waals surface area contributed by atoms with Gasteiger partial charge in [0, 0.05) is 29.6 Å². The summed E-state index contributed by atoms with van der Waals surface area (Å²) in [5.41, 5.74) is 2.26. The van der Waals surface area contributed by atoms with Gasteiger partial charge in [-0.05, 0) is 37.5 Å². The molecule has 1 unspecified atom stereocenters. The molecule has 0 bridgehead atoms. The Labute approximate surface area is 132 Å². The zero-order valence-electron chi connectivity index (χ0n) is 11.2. The summed E-state index contributed by atoms with van der Waals surface area (Å²) in [5, 5.41) is 0. The van der Waals surface area contributed by atoms with Gasteiger partial charge in [-0.3, -0.25) is 4.90 Å². The molecule has 1 saturated heterocycles. The summed E-state index contributed by atoms with van der Waals surface area (Å²) in [6, 6.07) is 7.70. The Morgan fingerprint density at radius 3 is 2.85 bits per heavy atom. The maximum absolute atomic E-state index is 6.12. The van der Waals surface area contributed by atoms with Gasteiger partial charge in [-0.25, -0.2) is 4.98 Å². The molecule has 0 N–H and O–H groups in total. The largest absolute Gasteiger partial charge is 0.322 e. The first-order valence-electron chi connectivity index (χ1n) is 7.22. The maximum atomic E-state index is 6.12. The van der Waals surface area contributed by atoms with E-state index in [4.69, 9.17) is 16.6 Å². The molecule has 1 aromatic carbocycles. The van der Waals surface area contributed by atoms with Crippen LogP contribution in [0.15, 0.2) is 22.7 Å². The molecule has 5 heteroatoms. The molecule has 3 nitrogen and oxygen atoms in total. The van der Waals surface area contributed by atoms with Gasteiger partial charge in [0.15, 0.2) is 0 Å². The number of rotatable bonds is 3. The average Bonchev–Trinajstić information content (AvgIpc) is 3.07. The molecule has 2 aromatic rings. The number of halogens is 2. The van der Waals surface area contributed by atoms with Gasteiger partial charge >= 0.3 is 0 Å². The fourth-order valence-electron chi connectivity index (χ4n) is 3.37. The highest BCUT2D eigenvalue weighted by Crippen LogP contribution is 2.35. The lowest BCUT2D eigenvalue weighted by atomic mass is 10.2. The number of hydrogen-bond acceptors (Lipinski definition) is 2. The van der Waals surface area contributed by atoms with E-state index in [1.165, 1.54) is 31.3 Å². The Morgan fingerprint density at radius 1 is 1.25 bits per heavy atom. The van der Waals surface area contributed by atoms with E-state index < -0.39 is 0 Å². The summed E-state index contributed by atoms with van der Waals surface area (Å²) in [7, 11) is 0. The molecule has 2 fully saturated rings. The third-order valence-electron chi connectivity index (χ3n) is 4.47. The average molecular weight is 355 g/mol. The van der Waals surface area contributed by atoms with Crippen LogP contribution in [-0.2, 0) is 5.88 Å². The lowest BCUT2D eigenvalue weighted by Crippen LogP contribution is -2.24. The highest BCUT2D eigenvalue weighted by atomic mass is 79.9. The molecule has 1 aromatic heterocycles. The molecule has 1 saturated carbocycles. The predicted octanol–water partition coefficient (Wildman–Crippen LogP) is 3.95. The van der Waals surface area contributed by atoms with Gasteiger partial charge in [-0.15, -0.1) is 11.6 Å². The van der Waals surface area contributed by atoms with Gasteiger partial charge in [0.1, 0.15) is 5.82 Å². The molecule has 0 radical (unpaired) electrons. The highest BCUT2D eigenvalue weighted by molar-refractivity contribution is 9.10. The van der Waals surface area contributed by atoms with Crippen LogP contribution < -0.4 is 0 Å². The second-order valence-corrected chi connectivity index (χ2v) is 7.02. The van der Waals surface area contributed by atoms with Crippen LogP contribution in [0.2, 0.25) is 0 Å². The molecule has 0 amide bonds. The van der Waals surface area contributed by atoms with E-state index in [9.17, 15) is 0 Å². The molecule has 1 aliphatic heterocycles. The number of benzene rings is 1.